The van der Waals surface area contributed by atoms with Gasteiger partial charge in [-0.25, -0.2) is 20.0 Å². The molecule has 2 aromatic heterocycles. The SMILES string of the molecule is NN1CCC2(CC1)CN(c1ncnc3ccc(CC(F)(F)F)nc13)C2. The number of fused-ring (bicyclic) bond motifs is 1. The van der Waals surface area contributed by atoms with Crippen LogP contribution in [0.3, 0.4) is 0 Å². The number of piperidine rings is 1. The van der Waals surface area contributed by atoms with E-state index in [1.165, 1.54) is 12.4 Å². The van der Waals surface area contributed by atoms with E-state index < -0.39 is 12.6 Å². The number of halogens is 3. The second-order valence-electron chi connectivity index (χ2n) is 7.05. The molecule has 2 aliphatic rings. The zero-order valence-electron chi connectivity index (χ0n) is 13.6. The zero-order chi connectivity index (χ0) is 17.7. The molecule has 134 valence electrons. The minimum Gasteiger partial charge on any atom is -0.353 e. The first kappa shape index (κ1) is 16.5. The van der Waals surface area contributed by atoms with Gasteiger partial charge in [0, 0.05) is 31.6 Å². The van der Waals surface area contributed by atoms with E-state index in [0.29, 0.717) is 16.9 Å². The summed E-state index contributed by atoms with van der Waals surface area (Å²) in [6.07, 6.45) is -1.84. The molecule has 0 saturated carbocycles. The summed E-state index contributed by atoms with van der Waals surface area (Å²) in [4.78, 5) is 14.7. The fourth-order valence-electron chi connectivity index (χ4n) is 3.73. The predicted molar refractivity (Wildman–Crippen MR) is 86.7 cm³/mol. The van der Waals surface area contributed by atoms with E-state index in [1.807, 2.05) is 5.01 Å². The average molecular weight is 352 g/mol. The van der Waals surface area contributed by atoms with Gasteiger partial charge in [0.25, 0.3) is 0 Å². The highest BCUT2D eigenvalue weighted by atomic mass is 19.4. The van der Waals surface area contributed by atoms with E-state index in [0.717, 1.165) is 39.0 Å². The fourth-order valence-corrected chi connectivity index (χ4v) is 3.73. The molecule has 2 fully saturated rings. The summed E-state index contributed by atoms with van der Waals surface area (Å²) in [6, 6.07) is 2.96. The van der Waals surface area contributed by atoms with Crippen molar-refractivity contribution in [2.45, 2.75) is 25.4 Å². The van der Waals surface area contributed by atoms with Crippen molar-refractivity contribution in [3.05, 3.63) is 24.2 Å². The number of hydrogen-bond donors (Lipinski definition) is 1. The average Bonchev–Trinajstić information content (AvgIpc) is 2.52. The molecule has 0 aromatic carbocycles. The van der Waals surface area contributed by atoms with E-state index in [9.17, 15) is 13.2 Å². The first-order chi connectivity index (χ1) is 11.8. The van der Waals surface area contributed by atoms with Crippen molar-refractivity contribution in [1.29, 1.82) is 0 Å². The highest BCUT2D eigenvalue weighted by Crippen LogP contribution is 2.42. The lowest BCUT2D eigenvalue weighted by atomic mass is 9.72. The van der Waals surface area contributed by atoms with Crippen LogP contribution in [-0.4, -0.2) is 52.3 Å². The maximum atomic E-state index is 12.7. The largest absolute Gasteiger partial charge is 0.394 e. The Morgan fingerprint density at radius 3 is 2.52 bits per heavy atom. The third-order valence-corrected chi connectivity index (χ3v) is 5.11. The first-order valence-corrected chi connectivity index (χ1v) is 8.26. The molecule has 2 aromatic rings. The van der Waals surface area contributed by atoms with Gasteiger partial charge in [-0.2, -0.15) is 13.2 Å². The van der Waals surface area contributed by atoms with Crippen LogP contribution in [0.5, 0.6) is 0 Å². The molecule has 25 heavy (non-hydrogen) atoms. The molecule has 0 unspecified atom stereocenters. The quantitative estimate of drug-likeness (QED) is 0.833. The molecule has 0 atom stereocenters. The molecular weight excluding hydrogens is 333 g/mol. The molecule has 0 radical (unpaired) electrons. The molecule has 0 aliphatic carbocycles. The lowest BCUT2D eigenvalue weighted by Crippen LogP contribution is -2.61. The van der Waals surface area contributed by atoms with Crippen LogP contribution in [0.25, 0.3) is 11.0 Å². The molecule has 6 nitrogen and oxygen atoms in total. The van der Waals surface area contributed by atoms with Crippen molar-refractivity contribution in [2.75, 3.05) is 31.1 Å². The highest BCUT2D eigenvalue weighted by Gasteiger charge is 2.45. The van der Waals surface area contributed by atoms with Crippen molar-refractivity contribution >= 4 is 16.9 Å². The van der Waals surface area contributed by atoms with Gasteiger partial charge in [0.2, 0.25) is 0 Å². The minimum atomic E-state index is -4.28. The van der Waals surface area contributed by atoms with Crippen LogP contribution < -0.4 is 10.7 Å². The molecule has 1 spiro atoms. The van der Waals surface area contributed by atoms with Gasteiger partial charge in [0.05, 0.1) is 17.6 Å². The smallest absolute Gasteiger partial charge is 0.353 e. The minimum absolute atomic E-state index is 0.0114. The standard InChI is InChI=1S/C16H19F3N6/c17-16(18,19)7-11-1-2-12-13(23-11)14(22-10-21-12)24-8-15(9-24)3-5-25(20)6-4-15/h1-2,10H,3-9,20H2. The lowest BCUT2D eigenvalue weighted by Gasteiger charge is -2.54. The highest BCUT2D eigenvalue weighted by molar-refractivity contribution is 5.85. The molecule has 2 saturated heterocycles. The van der Waals surface area contributed by atoms with Gasteiger partial charge in [-0.3, -0.25) is 5.84 Å². The third-order valence-electron chi connectivity index (χ3n) is 5.11. The summed E-state index contributed by atoms with van der Waals surface area (Å²) in [5, 5.41) is 1.83. The van der Waals surface area contributed by atoms with Gasteiger partial charge in [-0.05, 0) is 25.0 Å². The Morgan fingerprint density at radius 2 is 1.84 bits per heavy atom. The van der Waals surface area contributed by atoms with Crippen LogP contribution in [-0.2, 0) is 6.42 Å². The maximum absolute atomic E-state index is 12.7. The molecule has 4 rings (SSSR count). The van der Waals surface area contributed by atoms with Crippen molar-refractivity contribution in [3.8, 4) is 0 Å². The summed E-state index contributed by atoms with van der Waals surface area (Å²) in [5.74, 6) is 6.44. The summed E-state index contributed by atoms with van der Waals surface area (Å²) < 4.78 is 38.0. The molecule has 2 aliphatic heterocycles. The van der Waals surface area contributed by atoms with Crippen LogP contribution in [0.4, 0.5) is 19.0 Å². The Labute approximate surface area is 142 Å². The molecular formula is C16H19F3N6. The Kier molecular flexibility index (Phi) is 3.80. The number of alkyl halides is 3. The van der Waals surface area contributed by atoms with Gasteiger partial charge in [-0.15, -0.1) is 0 Å². The van der Waals surface area contributed by atoms with Crippen molar-refractivity contribution in [1.82, 2.24) is 20.0 Å². The Balaban J connectivity index is 1.59. The molecule has 4 heterocycles. The predicted octanol–water partition coefficient (Wildman–Crippen LogP) is 1.91. The number of hydrazine groups is 1. The topological polar surface area (TPSA) is 71.2 Å². The Bertz CT molecular complexity index is 777. The first-order valence-electron chi connectivity index (χ1n) is 8.26. The lowest BCUT2D eigenvalue weighted by molar-refractivity contribution is -0.127. The van der Waals surface area contributed by atoms with Gasteiger partial charge in [-0.1, -0.05) is 0 Å². The van der Waals surface area contributed by atoms with E-state index in [4.69, 9.17) is 5.84 Å². The summed E-state index contributed by atoms with van der Waals surface area (Å²) >= 11 is 0. The van der Waals surface area contributed by atoms with E-state index in [2.05, 4.69) is 19.9 Å². The third kappa shape index (κ3) is 3.25. The zero-order valence-corrected chi connectivity index (χ0v) is 13.6. The van der Waals surface area contributed by atoms with Gasteiger partial charge in [0.1, 0.15) is 11.8 Å². The molecule has 0 bridgehead atoms. The van der Waals surface area contributed by atoms with Crippen LogP contribution in [0.1, 0.15) is 18.5 Å². The fraction of sp³-hybridized carbons (Fsp3) is 0.562. The van der Waals surface area contributed by atoms with Crippen LogP contribution in [0.2, 0.25) is 0 Å². The Hall–Kier alpha value is -2.00. The van der Waals surface area contributed by atoms with Crippen LogP contribution in [0.15, 0.2) is 18.5 Å². The number of nitrogens with zero attached hydrogens (tertiary/aromatic N) is 5. The van der Waals surface area contributed by atoms with E-state index in [-0.39, 0.29) is 11.1 Å². The molecule has 0 amide bonds. The second kappa shape index (κ2) is 5.77. The number of rotatable bonds is 2. The number of aromatic nitrogens is 3. The van der Waals surface area contributed by atoms with E-state index in [1.54, 1.807) is 6.07 Å². The normalized spacial score (nSPS) is 20.9. The maximum Gasteiger partial charge on any atom is 0.394 e. The number of pyridine rings is 1. The summed E-state index contributed by atoms with van der Waals surface area (Å²) in [6.45, 7) is 3.40. The number of hydrogen-bond acceptors (Lipinski definition) is 6. The Morgan fingerprint density at radius 1 is 1.12 bits per heavy atom. The van der Waals surface area contributed by atoms with Crippen LogP contribution in [0, 0.1) is 5.41 Å². The van der Waals surface area contributed by atoms with Crippen molar-refractivity contribution in [2.24, 2.45) is 11.3 Å². The van der Waals surface area contributed by atoms with Gasteiger partial charge in [0.15, 0.2) is 5.82 Å². The van der Waals surface area contributed by atoms with Crippen molar-refractivity contribution in [3.63, 3.8) is 0 Å². The summed E-state index contributed by atoms with van der Waals surface area (Å²) in [5.41, 5.74) is 1.23. The monoisotopic (exact) mass is 352 g/mol. The second-order valence-corrected chi connectivity index (χ2v) is 7.05. The summed E-state index contributed by atoms with van der Waals surface area (Å²) in [7, 11) is 0. The van der Waals surface area contributed by atoms with Gasteiger partial charge >= 0.3 is 6.18 Å². The van der Waals surface area contributed by atoms with Crippen LogP contribution >= 0.6 is 0 Å². The number of anilines is 1. The molecule has 9 heteroatoms. The van der Waals surface area contributed by atoms with Crippen molar-refractivity contribution < 1.29 is 13.2 Å². The van der Waals surface area contributed by atoms with Gasteiger partial charge < -0.3 is 4.90 Å². The number of nitrogens with two attached hydrogens (primary N) is 1. The molecule has 2 N–H and O–H groups in total. The van der Waals surface area contributed by atoms with E-state index >= 15 is 0 Å².